The van der Waals surface area contributed by atoms with Gasteiger partial charge in [-0.25, -0.2) is 0 Å². The number of halogens is 1. The minimum absolute atomic E-state index is 0.199. The van der Waals surface area contributed by atoms with Gasteiger partial charge < -0.3 is 4.57 Å². The van der Waals surface area contributed by atoms with E-state index in [-0.39, 0.29) is 11.1 Å². The maximum absolute atomic E-state index is 12.8. The summed E-state index contributed by atoms with van der Waals surface area (Å²) in [5.74, 6) is 0. The van der Waals surface area contributed by atoms with Gasteiger partial charge in [-0.1, -0.05) is 58.4 Å². The van der Waals surface area contributed by atoms with E-state index in [9.17, 15) is 10.1 Å². The van der Waals surface area contributed by atoms with E-state index in [1.54, 1.807) is 11.5 Å². The van der Waals surface area contributed by atoms with Crippen LogP contribution in [0.25, 0.3) is 11.3 Å². The Hall–Kier alpha value is -2.64. The SMILES string of the molecule is Cc1cc(-c2ccccc2)n(Cc2cccc(Br)c2)c(=O)c1C#N. The summed E-state index contributed by atoms with van der Waals surface area (Å²) in [6.45, 7) is 2.22. The molecule has 24 heavy (non-hydrogen) atoms. The molecule has 0 spiro atoms. The molecule has 0 aliphatic heterocycles. The second-order valence-electron chi connectivity index (χ2n) is 5.59. The van der Waals surface area contributed by atoms with Crippen LogP contribution in [0.3, 0.4) is 0 Å². The molecule has 0 aliphatic rings. The average molecular weight is 379 g/mol. The molecule has 0 amide bonds. The summed E-state index contributed by atoms with van der Waals surface area (Å²) in [6.07, 6.45) is 0. The van der Waals surface area contributed by atoms with E-state index in [0.29, 0.717) is 12.1 Å². The summed E-state index contributed by atoms with van der Waals surface area (Å²) < 4.78 is 2.63. The van der Waals surface area contributed by atoms with Gasteiger partial charge in [0, 0.05) is 4.47 Å². The standard InChI is InChI=1S/C20H15BrN2O/c1-14-10-19(16-7-3-2-4-8-16)23(20(24)18(14)12-22)13-15-6-5-9-17(21)11-15/h2-11H,13H2,1H3. The Morgan fingerprint density at radius 3 is 2.50 bits per heavy atom. The fourth-order valence-corrected chi connectivity index (χ4v) is 3.17. The van der Waals surface area contributed by atoms with E-state index in [1.165, 1.54) is 0 Å². The third kappa shape index (κ3) is 3.17. The molecule has 0 N–H and O–H groups in total. The molecule has 4 heteroatoms. The number of pyridine rings is 1. The minimum atomic E-state index is -0.253. The first kappa shape index (κ1) is 16.2. The van der Waals surface area contributed by atoms with Crippen molar-refractivity contribution in [3.05, 3.63) is 92.2 Å². The second-order valence-corrected chi connectivity index (χ2v) is 6.50. The van der Waals surface area contributed by atoms with Crippen LogP contribution in [-0.2, 0) is 6.54 Å². The molecule has 0 aliphatic carbocycles. The first-order valence-electron chi connectivity index (χ1n) is 7.54. The van der Waals surface area contributed by atoms with Crippen molar-refractivity contribution in [2.75, 3.05) is 0 Å². The number of nitriles is 1. The van der Waals surface area contributed by atoms with Crippen molar-refractivity contribution >= 4 is 15.9 Å². The Labute approximate surface area is 148 Å². The monoisotopic (exact) mass is 378 g/mol. The van der Waals surface area contributed by atoms with Gasteiger partial charge in [0.1, 0.15) is 11.6 Å². The van der Waals surface area contributed by atoms with Crippen LogP contribution in [0.4, 0.5) is 0 Å². The normalized spacial score (nSPS) is 10.4. The number of aryl methyl sites for hydroxylation is 1. The Bertz CT molecular complexity index is 985. The molecule has 3 aromatic rings. The molecule has 0 bridgehead atoms. The fourth-order valence-electron chi connectivity index (χ4n) is 2.73. The van der Waals surface area contributed by atoms with Gasteiger partial charge in [-0.05, 0) is 41.8 Å². The number of aromatic nitrogens is 1. The molecule has 0 atom stereocenters. The minimum Gasteiger partial charge on any atom is -0.303 e. The summed E-state index contributed by atoms with van der Waals surface area (Å²) in [4.78, 5) is 12.8. The molecule has 0 radical (unpaired) electrons. The van der Waals surface area contributed by atoms with E-state index < -0.39 is 0 Å². The summed E-state index contributed by atoms with van der Waals surface area (Å²) in [5.41, 5.74) is 3.42. The molecule has 2 aromatic carbocycles. The number of nitrogens with zero attached hydrogens (tertiary/aromatic N) is 2. The maximum Gasteiger partial charge on any atom is 0.269 e. The van der Waals surface area contributed by atoms with Crippen LogP contribution in [0.5, 0.6) is 0 Å². The molecular weight excluding hydrogens is 364 g/mol. The predicted molar refractivity (Wildman–Crippen MR) is 98.8 cm³/mol. The summed E-state index contributed by atoms with van der Waals surface area (Å²) in [7, 11) is 0. The highest BCUT2D eigenvalue weighted by Crippen LogP contribution is 2.22. The molecule has 118 valence electrons. The van der Waals surface area contributed by atoms with Crippen molar-refractivity contribution in [3.63, 3.8) is 0 Å². The molecule has 1 heterocycles. The highest BCUT2D eigenvalue weighted by atomic mass is 79.9. The lowest BCUT2D eigenvalue weighted by atomic mass is 10.0. The van der Waals surface area contributed by atoms with Crippen molar-refractivity contribution in [1.29, 1.82) is 5.26 Å². The highest BCUT2D eigenvalue weighted by Gasteiger charge is 2.14. The van der Waals surface area contributed by atoms with E-state index >= 15 is 0 Å². The lowest BCUT2D eigenvalue weighted by molar-refractivity contribution is 0.762. The zero-order valence-corrected chi connectivity index (χ0v) is 14.7. The van der Waals surface area contributed by atoms with Crippen molar-refractivity contribution in [2.24, 2.45) is 0 Å². The lowest BCUT2D eigenvalue weighted by Gasteiger charge is -2.15. The third-order valence-electron chi connectivity index (χ3n) is 3.91. The van der Waals surface area contributed by atoms with E-state index in [0.717, 1.165) is 21.3 Å². The lowest BCUT2D eigenvalue weighted by Crippen LogP contribution is -2.25. The van der Waals surface area contributed by atoms with Gasteiger partial charge in [0.05, 0.1) is 12.2 Å². The van der Waals surface area contributed by atoms with E-state index in [4.69, 9.17) is 0 Å². The molecule has 0 saturated carbocycles. The van der Waals surface area contributed by atoms with Gasteiger partial charge in [-0.3, -0.25) is 4.79 Å². The summed E-state index contributed by atoms with van der Waals surface area (Å²) in [6, 6.07) is 21.5. The van der Waals surface area contributed by atoms with Gasteiger partial charge in [0.25, 0.3) is 5.56 Å². The van der Waals surface area contributed by atoms with Crippen LogP contribution in [0.15, 0.2) is 69.9 Å². The Kier molecular flexibility index (Phi) is 4.64. The van der Waals surface area contributed by atoms with Crippen molar-refractivity contribution < 1.29 is 0 Å². The number of hydrogen-bond donors (Lipinski definition) is 0. The maximum atomic E-state index is 12.8. The number of benzene rings is 2. The van der Waals surface area contributed by atoms with Crippen LogP contribution in [0.2, 0.25) is 0 Å². The number of rotatable bonds is 3. The zero-order valence-electron chi connectivity index (χ0n) is 13.2. The van der Waals surface area contributed by atoms with Crippen LogP contribution < -0.4 is 5.56 Å². The molecule has 3 rings (SSSR count). The van der Waals surface area contributed by atoms with Crippen LogP contribution in [0, 0.1) is 18.3 Å². The van der Waals surface area contributed by atoms with Crippen LogP contribution in [0.1, 0.15) is 16.7 Å². The third-order valence-corrected chi connectivity index (χ3v) is 4.40. The van der Waals surface area contributed by atoms with Crippen molar-refractivity contribution in [1.82, 2.24) is 4.57 Å². The molecule has 0 fully saturated rings. The quantitative estimate of drug-likeness (QED) is 0.672. The van der Waals surface area contributed by atoms with Gasteiger partial charge in [-0.15, -0.1) is 0 Å². The van der Waals surface area contributed by atoms with E-state index in [1.807, 2.05) is 66.7 Å². The first-order chi connectivity index (χ1) is 11.6. The second kappa shape index (κ2) is 6.86. The first-order valence-corrected chi connectivity index (χ1v) is 8.34. The highest BCUT2D eigenvalue weighted by molar-refractivity contribution is 9.10. The molecular formula is C20H15BrN2O. The Morgan fingerprint density at radius 1 is 1.08 bits per heavy atom. The van der Waals surface area contributed by atoms with Gasteiger partial charge in [0.2, 0.25) is 0 Å². The van der Waals surface area contributed by atoms with Crippen LogP contribution in [-0.4, -0.2) is 4.57 Å². The average Bonchev–Trinajstić information content (AvgIpc) is 2.58. The summed E-state index contributed by atoms with van der Waals surface area (Å²) >= 11 is 3.46. The molecule has 1 aromatic heterocycles. The van der Waals surface area contributed by atoms with E-state index in [2.05, 4.69) is 15.9 Å². The van der Waals surface area contributed by atoms with Gasteiger partial charge in [0.15, 0.2) is 0 Å². The largest absolute Gasteiger partial charge is 0.303 e. The smallest absolute Gasteiger partial charge is 0.269 e. The molecule has 3 nitrogen and oxygen atoms in total. The Balaban J connectivity index is 2.22. The van der Waals surface area contributed by atoms with Gasteiger partial charge in [-0.2, -0.15) is 5.26 Å². The summed E-state index contributed by atoms with van der Waals surface area (Å²) in [5, 5.41) is 9.32. The predicted octanol–water partition coefficient (Wildman–Crippen LogP) is 4.51. The Morgan fingerprint density at radius 2 is 1.83 bits per heavy atom. The van der Waals surface area contributed by atoms with Crippen molar-refractivity contribution in [3.8, 4) is 17.3 Å². The fraction of sp³-hybridized carbons (Fsp3) is 0.100. The molecule has 0 saturated heterocycles. The molecule has 0 unspecified atom stereocenters. The van der Waals surface area contributed by atoms with Crippen molar-refractivity contribution in [2.45, 2.75) is 13.5 Å². The zero-order chi connectivity index (χ0) is 17.1. The number of hydrogen-bond acceptors (Lipinski definition) is 2. The van der Waals surface area contributed by atoms with Gasteiger partial charge >= 0.3 is 0 Å². The topological polar surface area (TPSA) is 45.8 Å². The van der Waals surface area contributed by atoms with Crippen LogP contribution >= 0.6 is 15.9 Å².